The standard InChI is InChI=1S/C13H10F3N/c1-9-8-11(10-4-6-17-7-5-10)2-3-12(9)13(14,15)16/h2-8H,1H3. The minimum absolute atomic E-state index is 0.229. The number of benzene rings is 1. The molecule has 0 amide bonds. The first-order valence-corrected chi connectivity index (χ1v) is 5.07. The van der Waals surface area contributed by atoms with Crippen molar-refractivity contribution in [2.75, 3.05) is 0 Å². The van der Waals surface area contributed by atoms with Gasteiger partial charge in [-0.05, 0) is 41.8 Å². The van der Waals surface area contributed by atoms with Crippen LogP contribution < -0.4 is 0 Å². The van der Waals surface area contributed by atoms with Crippen molar-refractivity contribution in [2.45, 2.75) is 13.1 Å². The highest BCUT2D eigenvalue weighted by molar-refractivity contribution is 5.64. The highest BCUT2D eigenvalue weighted by Gasteiger charge is 2.32. The molecule has 0 atom stereocenters. The Labute approximate surface area is 96.9 Å². The van der Waals surface area contributed by atoms with Gasteiger partial charge >= 0.3 is 6.18 Å². The maximum atomic E-state index is 12.6. The lowest BCUT2D eigenvalue weighted by Crippen LogP contribution is -2.07. The highest BCUT2D eigenvalue weighted by Crippen LogP contribution is 2.33. The largest absolute Gasteiger partial charge is 0.416 e. The Balaban J connectivity index is 2.45. The Morgan fingerprint density at radius 3 is 2.12 bits per heavy atom. The molecule has 0 aliphatic rings. The molecule has 0 fully saturated rings. The molecule has 1 nitrogen and oxygen atoms in total. The molecule has 0 saturated carbocycles. The van der Waals surface area contributed by atoms with Crippen LogP contribution in [0.3, 0.4) is 0 Å². The lowest BCUT2D eigenvalue weighted by Gasteiger charge is -2.11. The molecule has 0 aliphatic carbocycles. The number of rotatable bonds is 1. The van der Waals surface area contributed by atoms with Crippen molar-refractivity contribution in [1.82, 2.24) is 4.98 Å². The van der Waals surface area contributed by atoms with Crippen molar-refractivity contribution in [3.05, 3.63) is 53.9 Å². The van der Waals surface area contributed by atoms with Crippen molar-refractivity contribution in [3.63, 3.8) is 0 Å². The number of hydrogen-bond donors (Lipinski definition) is 0. The molecule has 0 N–H and O–H groups in total. The molecule has 4 heteroatoms. The van der Waals surface area contributed by atoms with E-state index < -0.39 is 11.7 Å². The number of pyridine rings is 1. The second kappa shape index (κ2) is 4.20. The average Bonchev–Trinajstić information content (AvgIpc) is 2.28. The Morgan fingerprint density at radius 1 is 0.941 bits per heavy atom. The van der Waals surface area contributed by atoms with E-state index in [-0.39, 0.29) is 5.56 Å². The van der Waals surface area contributed by atoms with Gasteiger partial charge in [0.1, 0.15) is 0 Å². The fraction of sp³-hybridized carbons (Fsp3) is 0.154. The Hall–Kier alpha value is -1.84. The van der Waals surface area contributed by atoms with E-state index in [0.29, 0.717) is 0 Å². The molecule has 0 radical (unpaired) electrons. The van der Waals surface area contributed by atoms with E-state index in [4.69, 9.17) is 0 Å². The van der Waals surface area contributed by atoms with Crippen LogP contribution in [0.25, 0.3) is 11.1 Å². The summed E-state index contributed by atoms with van der Waals surface area (Å²) in [5.41, 5.74) is 1.26. The first kappa shape index (κ1) is 11.6. The maximum Gasteiger partial charge on any atom is 0.416 e. The zero-order valence-electron chi connectivity index (χ0n) is 9.12. The molecule has 1 heterocycles. The molecular formula is C13H10F3N. The van der Waals surface area contributed by atoms with Gasteiger partial charge < -0.3 is 0 Å². The van der Waals surface area contributed by atoms with Gasteiger partial charge in [-0.15, -0.1) is 0 Å². The van der Waals surface area contributed by atoms with Gasteiger partial charge in [0.2, 0.25) is 0 Å². The number of alkyl halides is 3. The van der Waals surface area contributed by atoms with Gasteiger partial charge in [-0.3, -0.25) is 4.98 Å². The summed E-state index contributed by atoms with van der Waals surface area (Å²) in [6, 6.07) is 7.67. The van der Waals surface area contributed by atoms with Crippen molar-refractivity contribution in [3.8, 4) is 11.1 Å². The Morgan fingerprint density at radius 2 is 1.59 bits per heavy atom. The molecule has 0 saturated heterocycles. The number of halogens is 3. The minimum Gasteiger partial charge on any atom is -0.265 e. The topological polar surface area (TPSA) is 12.9 Å². The number of hydrogen-bond acceptors (Lipinski definition) is 1. The van der Waals surface area contributed by atoms with Gasteiger partial charge in [0.05, 0.1) is 5.56 Å². The van der Waals surface area contributed by atoms with E-state index in [2.05, 4.69) is 4.98 Å². The molecule has 0 unspecified atom stereocenters. The summed E-state index contributed by atoms with van der Waals surface area (Å²) < 4.78 is 37.7. The number of aryl methyl sites for hydroxylation is 1. The van der Waals surface area contributed by atoms with Crippen LogP contribution >= 0.6 is 0 Å². The van der Waals surface area contributed by atoms with Gasteiger partial charge in [0.15, 0.2) is 0 Å². The lowest BCUT2D eigenvalue weighted by atomic mass is 10.0. The van der Waals surface area contributed by atoms with Crippen LogP contribution in [-0.2, 0) is 6.18 Å². The maximum absolute atomic E-state index is 12.6. The average molecular weight is 237 g/mol. The van der Waals surface area contributed by atoms with Crippen LogP contribution in [-0.4, -0.2) is 4.98 Å². The summed E-state index contributed by atoms with van der Waals surface area (Å²) in [4.78, 5) is 3.87. The molecule has 1 aromatic carbocycles. The van der Waals surface area contributed by atoms with Crippen molar-refractivity contribution in [1.29, 1.82) is 0 Å². The van der Waals surface area contributed by atoms with Gasteiger partial charge in [0, 0.05) is 12.4 Å². The first-order valence-electron chi connectivity index (χ1n) is 5.07. The number of nitrogens with zero attached hydrogens (tertiary/aromatic N) is 1. The molecule has 0 spiro atoms. The van der Waals surface area contributed by atoms with Gasteiger partial charge in [-0.25, -0.2) is 0 Å². The summed E-state index contributed by atoms with van der Waals surface area (Å²) in [5, 5.41) is 0. The molecule has 0 bridgehead atoms. The molecule has 0 aliphatic heterocycles. The van der Waals surface area contributed by atoms with Crippen LogP contribution in [0, 0.1) is 6.92 Å². The van der Waals surface area contributed by atoms with Crippen molar-refractivity contribution in [2.24, 2.45) is 0 Å². The summed E-state index contributed by atoms with van der Waals surface area (Å²) >= 11 is 0. The fourth-order valence-corrected chi connectivity index (χ4v) is 1.71. The smallest absolute Gasteiger partial charge is 0.265 e. The van der Waals surface area contributed by atoms with Crippen molar-refractivity contribution >= 4 is 0 Å². The van der Waals surface area contributed by atoms with Gasteiger partial charge in [-0.1, -0.05) is 12.1 Å². The third-order valence-corrected chi connectivity index (χ3v) is 2.55. The molecular weight excluding hydrogens is 227 g/mol. The summed E-state index contributed by atoms with van der Waals surface area (Å²) in [5.74, 6) is 0. The van der Waals surface area contributed by atoms with Crippen LogP contribution in [0.1, 0.15) is 11.1 Å². The third-order valence-electron chi connectivity index (χ3n) is 2.55. The predicted molar refractivity (Wildman–Crippen MR) is 59.4 cm³/mol. The predicted octanol–water partition coefficient (Wildman–Crippen LogP) is 4.08. The van der Waals surface area contributed by atoms with Crippen LogP contribution in [0.15, 0.2) is 42.7 Å². The zero-order valence-corrected chi connectivity index (χ0v) is 9.12. The van der Waals surface area contributed by atoms with Crippen LogP contribution in [0.2, 0.25) is 0 Å². The van der Waals surface area contributed by atoms with E-state index in [0.717, 1.165) is 17.2 Å². The summed E-state index contributed by atoms with van der Waals surface area (Å²) in [6.45, 7) is 1.47. The van der Waals surface area contributed by atoms with Crippen LogP contribution in [0.4, 0.5) is 13.2 Å². The second-order valence-electron chi connectivity index (χ2n) is 3.76. The van der Waals surface area contributed by atoms with Gasteiger partial charge in [-0.2, -0.15) is 13.2 Å². The van der Waals surface area contributed by atoms with E-state index in [1.54, 1.807) is 24.5 Å². The normalized spacial score (nSPS) is 11.5. The molecule has 17 heavy (non-hydrogen) atoms. The van der Waals surface area contributed by atoms with Crippen molar-refractivity contribution < 1.29 is 13.2 Å². The van der Waals surface area contributed by atoms with E-state index in [1.807, 2.05) is 0 Å². The monoisotopic (exact) mass is 237 g/mol. The first-order chi connectivity index (χ1) is 7.98. The SMILES string of the molecule is Cc1cc(-c2ccncc2)ccc1C(F)(F)F. The van der Waals surface area contributed by atoms with Gasteiger partial charge in [0.25, 0.3) is 0 Å². The second-order valence-corrected chi connectivity index (χ2v) is 3.76. The Bertz CT molecular complexity index is 518. The zero-order chi connectivity index (χ0) is 12.5. The molecule has 2 rings (SSSR count). The highest BCUT2D eigenvalue weighted by atomic mass is 19.4. The number of aromatic nitrogens is 1. The quantitative estimate of drug-likeness (QED) is 0.728. The third kappa shape index (κ3) is 2.46. The minimum atomic E-state index is -4.29. The summed E-state index contributed by atoms with van der Waals surface area (Å²) in [7, 11) is 0. The van der Waals surface area contributed by atoms with E-state index in [1.165, 1.54) is 19.1 Å². The lowest BCUT2D eigenvalue weighted by molar-refractivity contribution is -0.138. The summed E-state index contributed by atoms with van der Waals surface area (Å²) in [6.07, 6.45) is -1.06. The molecule has 2 aromatic rings. The fourth-order valence-electron chi connectivity index (χ4n) is 1.71. The van der Waals surface area contributed by atoms with Crippen LogP contribution in [0.5, 0.6) is 0 Å². The van der Waals surface area contributed by atoms with E-state index in [9.17, 15) is 13.2 Å². The van der Waals surface area contributed by atoms with E-state index >= 15 is 0 Å². The molecule has 88 valence electrons. The molecule has 1 aromatic heterocycles. The Kier molecular flexibility index (Phi) is 2.88.